The van der Waals surface area contributed by atoms with Gasteiger partial charge < -0.3 is 31.1 Å². The molecule has 1 aliphatic rings. The highest BCUT2D eigenvalue weighted by Gasteiger charge is 2.44. The maximum atomic E-state index is 12.8. The Hall–Kier alpha value is -3.93. The molecule has 1 saturated heterocycles. The summed E-state index contributed by atoms with van der Waals surface area (Å²) in [6.45, 7) is -0.536. The molecule has 3 aromatic rings. The summed E-state index contributed by atoms with van der Waals surface area (Å²) in [5.74, 6) is -0.453. The Labute approximate surface area is 193 Å². The molecule has 0 aliphatic carbocycles. The van der Waals surface area contributed by atoms with E-state index in [1.54, 1.807) is 0 Å². The fraction of sp³-hybridized carbons (Fsp3) is 0.333. The van der Waals surface area contributed by atoms with Gasteiger partial charge in [0.1, 0.15) is 23.8 Å². The van der Waals surface area contributed by atoms with Crippen molar-refractivity contribution < 1.29 is 38.0 Å². The molecule has 186 valence electrons. The molecule has 3 heterocycles. The van der Waals surface area contributed by atoms with Gasteiger partial charge in [0.05, 0.1) is 18.5 Å². The normalized spacial score (nSPS) is 22.7. The van der Waals surface area contributed by atoms with Crippen LogP contribution < -0.4 is 16.5 Å². The maximum Gasteiger partial charge on any atom is 0.416 e. The zero-order valence-electron chi connectivity index (χ0n) is 17.5. The van der Waals surface area contributed by atoms with Gasteiger partial charge in [-0.15, -0.1) is 0 Å². The van der Waals surface area contributed by atoms with Crippen LogP contribution in [-0.4, -0.2) is 65.8 Å². The zero-order valence-corrected chi connectivity index (χ0v) is 17.5. The fourth-order valence-electron chi connectivity index (χ4n) is 3.31. The Kier molecular flexibility index (Phi) is 6.48. The van der Waals surface area contributed by atoms with E-state index in [9.17, 15) is 33.3 Å². The van der Waals surface area contributed by atoms with Crippen LogP contribution in [0.15, 0.2) is 40.9 Å². The Balaban J connectivity index is 1.48. The van der Waals surface area contributed by atoms with Crippen molar-refractivity contribution in [1.82, 2.24) is 24.9 Å². The monoisotopic (exact) mass is 497 g/mol. The first-order chi connectivity index (χ1) is 16.6. The number of hydrogen-bond acceptors (Lipinski definition) is 11. The second-order valence-electron chi connectivity index (χ2n) is 7.31. The third kappa shape index (κ3) is 4.97. The summed E-state index contributed by atoms with van der Waals surface area (Å²) in [6, 6.07) is 2.99. The van der Waals surface area contributed by atoms with Gasteiger partial charge in [-0.2, -0.15) is 23.1 Å². The third-order valence-corrected chi connectivity index (χ3v) is 4.97. The van der Waals surface area contributed by atoms with Crippen molar-refractivity contribution in [3.63, 3.8) is 0 Å². The van der Waals surface area contributed by atoms with Gasteiger partial charge in [0, 0.05) is 5.69 Å². The van der Waals surface area contributed by atoms with E-state index < -0.39 is 48.9 Å². The zero-order chi connectivity index (χ0) is 25.3. The van der Waals surface area contributed by atoms with Crippen molar-refractivity contribution in [2.24, 2.45) is 10.3 Å². The number of urea groups is 1. The summed E-state index contributed by atoms with van der Waals surface area (Å²) >= 11 is 0. The molecule has 0 spiro atoms. The molecule has 4 rings (SSSR count). The number of imidazole rings is 1. The van der Waals surface area contributed by atoms with E-state index in [1.165, 1.54) is 17.0 Å². The molecule has 1 aliphatic heterocycles. The van der Waals surface area contributed by atoms with Crippen LogP contribution in [0, 0.1) is 0 Å². The van der Waals surface area contributed by atoms with Crippen molar-refractivity contribution >= 4 is 34.6 Å². The Morgan fingerprint density at radius 3 is 2.71 bits per heavy atom. The molecule has 0 unspecified atom stereocenters. The van der Waals surface area contributed by atoms with Gasteiger partial charge in [0.25, 0.3) is 5.95 Å². The molecule has 35 heavy (non-hydrogen) atoms. The molecule has 0 saturated carbocycles. The molecule has 0 bridgehead atoms. The molecule has 7 N–H and O–H groups in total. The Morgan fingerprint density at radius 2 is 2.03 bits per heavy atom. The van der Waals surface area contributed by atoms with Crippen LogP contribution in [0.2, 0.25) is 0 Å². The average molecular weight is 497 g/mol. The number of amides is 2. The number of carbonyl (C=O) groups is 1. The van der Waals surface area contributed by atoms with Crippen LogP contribution in [0.1, 0.15) is 11.8 Å². The van der Waals surface area contributed by atoms with Crippen LogP contribution in [-0.2, 0) is 10.9 Å². The quantitative estimate of drug-likeness (QED) is 0.218. The standard InChI is InChI=1S/C18H18F3N9O5/c19-18(20,21)7-2-1-3-8(4-7)24-17(34)28-29-27-16-25-13(22)10-14(26-16)30(6-23-10)15-12(33)11(32)9(5-31)35-15/h1-4,6,9,11-12,15,31-33H,5H2,(H4,22,24,25,26,27,28,34)/t9-,11-,12-,15-/m1/s1. The highest BCUT2D eigenvalue weighted by Crippen LogP contribution is 2.33. The first-order valence-corrected chi connectivity index (χ1v) is 9.86. The van der Waals surface area contributed by atoms with Crippen molar-refractivity contribution in [2.75, 3.05) is 17.7 Å². The van der Waals surface area contributed by atoms with Crippen LogP contribution >= 0.6 is 0 Å². The van der Waals surface area contributed by atoms with E-state index >= 15 is 0 Å². The van der Waals surface area contributed by atoms with E-state index in [0.29, 0.717) is 0 Å². The summed E-state index contributed by atoms with van der Waals surface area (Å²) < 4.78 is 45.1. The summed E-state index contributed by atoms with van der Waals surface area (Å²) in [4.78, 5) is 23.9. The Bertz CT molecular complexity index is 1270. The molecular weight excluding hydrogens is 479 g/mol. The number of carbonyl (C=O) groups excluding carboxylic acids is 1. The number of nitrogens with one attached hydrogen (secondary N) is 2. The SMILES string of the molecule is Nc1nc(/N=N/NC(=O)Nc2cccc(C(F)(F)F)c2)nc2c1ncn2[C@@H]1O[C@H](CO)[C@@H](O)[C@H]1O. The Morgan fingerprint density at radius 1 is 1.26 bits per heavy atom. The van der Waals surface area contributed by atoms with Gasteiger partial charge in [-0.25, -0.2) is 15.2 Å². The number of fused-ring (bicyclic) bond motifs is 1. The molecule has 1 fully saturated rings. The summed E-state index contributed by atoms with van der Waals surface area (Å²) in [6.07, 6.45) is -8.30. The minimum Gasteiger partial charge on any atom is -0.394 e. The maximum absolute atomic E-state index is 12.8. The smallest absolute Gasteiger partial charge is 0.394 e. The lowest BCUT2D eigenvalue weighted by Crippen LogP contribution is -2.33. The van der Waals surface area contributed by atoms with E-state index in [0.717, 1.165) is 18.2 Å². The summed E-state index contributed by atoms with van der Waals surface area (Å²) in [5.41, 5.74) is 6.91. The fourth-order valence-corrected chi connectivity index (χ4v) is 3.31. The van der Waals surface area contributed by atoms with Gasteiger partial charge >= 0.3 is 12.2 Å². The lowest BCUT2D eigenvalue weighted by Gasteiger charge is -2.16. The minimum atomic E-state index is -4.58. The first kappa shape index (κ1) is 24.2. The van der Waals surface area contributed by atoms with Crippen molar-refractivity contribution in [3.8, 4) is 0 Å². The van der Waals surface area contributed by atoms with Gasteiger partial charge in [-0.05, 0) is 18.2 Å². The van der Waals surface area contributed by atoms with Gasteiger partial charge in [0.15, 0.2) is 17.7 Å². The van der Waals surface area contributed by atoms with Gasteiger partial charge in [-0.3, -0.25) is 4.57 Å². The van der Waals surface area contributed by atoms with Gasteiger partial charge in [-0.1, -0.05) is 16.4 Å². The number of benzene rings is 1. The predicted molar refractivity (Wildman–Crippen MR) is 111 cm³/mol. The van der Waals surface area contributed by atoms with Crippen molar-refractivity contribution in [1.29, 1.82) is 0 Å². The number of aliphatic hydroxyl groups is 3. The summed E-state index contributed by atoms with van der Waals surface area (Å²) in [5, 5.41) is 38.7. The second kappa shape index (κ2) is 9.37. The lowest BCUT2D eigenvalue weighted by molar-refractivity contribution is -0.137. The molecule has 1 aromatic carbocycles. The number of aliphatic hydroxyl groups excluding tert-OH is 3. The lowest BCUT2D eigenvalue weighted by atomic mass is 10.1. The first-order valence-electron chi connectivity index (χ1n) is 9.86. The molecular formula is C18H18F3N9O5. The molecule has 0 radical (unpaired) electrons. The number of hydrogen-bond donors (Lipinski definition) is 6. The van der Waals surface area contributed by atoms with Crippen LogP contribution in [0.25, 0.3) is 11.2 Å². The molecule has 14 nitrogen and oxygen atoms in total. The molecule has 2 amide bonds. The number of alkyl halides is 3. The summed E-state index contributed by atoms with van der Waals surface area (Å²) in [7, 11) is 0. The van der Waals surface area contributed by atoms with E-state index in [4.69, 9.17) is 10.5 Å². The van der Waals surface area contributed by atoms with E-state index in [1.807, 2.05) is 5.43 Å². The second-order valence-corrected chi connectivity index (χ2v) is 7.31. The van der Waals surface area contributed by atoms with Crippen LogP contribution in [0.5, 0.6) is 0 Å². The highest BCUT2D eigenvalue weighted by atomic mass is 19.4. The van der Waals surface area contributed by atoms with Crippen LogP contribution in [0.4, 0.5) is 35.4 Å². The molecule has 4 atom stereocenters. The number of aromatic nitrogens is 4. The van der Waals surface area contributed by atoms with Crippen LogP contribution in [0.3, 0.4) is 0 Å². The number of halogens is 3. The average Bonchev–Trinajstić information content (AvgIpc) is 3.34. The number of nitrogen functional groups attached to an aromatic ring is 1. The molecule has 2 aromatic heterocycles. The highest BCUT2D eigenvalue weighted by molar-refractivity contribution is 5.89. The van der Waals surface area contributed by atoms with E-state index in [2.05, 4.69) is 30.6 Å². The largest absolute Gasteiger partial charge is 0.416 e. The predicted octanol–water partition coefficient (Wildman–Crippen LogP) is 0.859. The van der Waals surface area contributed by atoms with Gasteiger partial charge in [0.2, 0.25) is 0 Å². The number of rotatable bonds is 5. The number of nitrogens with two attached hydrogens (primary N) is 1. The van der Waals surface area contributed by atoms with Crippen molar-refractivity contribution in [3.05, 3.63) is 36.2 Å². The number of anilines is 2. The number of nitrogens with zero attached hydrogens (tertiary/aromatic N) is 6. The number of ether oxygens (including phenoxy) is 1. The van der Waals surface area contributed by atoms with Crippen molar-refractivity contribution in [2.45, 2.75) is 30.7 Å². The van der Waals surface area contributed by atoms with E-state index in [-0.39, 0.29) is 28.6 Å². The topological polar surface area (TPSA) is 205 Å². The molecule has 17 heteroatoms. The minimum absolute atomic E-state index is 0.0507. The third-order valence-electron chi connectivity index (χ3n) is 4.97.